The average Bonchev–Trinajstić information content (AvgIpc) is 2.76. The number of benzene rings is 1. The molecule has 0 heterocycles. The zero-order chi connectivity index (χ0) is 19.1. The molecule has 0 spiro atoms. The third-order valence-corrected chi connectivity index (χ3v) is 6.55. The highest BCUT2D eigenvalue weighted by Gasteiger charge is 2.61. The highest BCUT2D eigenvalue weighted by atomic mass is 16.3. The summed E-state index contributed by atoms with van der Waals surface area (Å²) in [6, 6.07) is 1.71. The van der Waals surface area contributed by atoms with Gasteiger partial charge in [-0.25, -0.2) is 0 Å². The molecule has 2 N–H and O–H groups in total. The van der Waals surface area contributed by atoms with Gasteiger partial charge in [-0.05, 0) is 79.4 Å². The van der Waals surface area contributed by atoms with Crippen molar-refractivity contribution in [2.45, 2.75) is 56.9 Å². The molecule has 2 heteroatoms. The van der Waals surface area contributed by atoms with Gasteiger partial charge >= 0.3 is 0 Å². The first-order valence-corrected chi connectivity index (χ1v) is 8.09. The highest BCUT2D eigenvalue weighted by Crippen LogP contribution is 2.64. The van der Waals surface area contributed by atoms with Crippen LogP contribution < -0.4 is 0 Å². The van der Waals surface area contributed by atoms with E-state index in [1.165, 1.54) is 0 Å². The molecule has 0 saturated heterocycles. The highest BCUT2D eigenvalue weighted by molar-refractivity contribution is 5.40. The molecule has 1 aromatic carbocycles. The lowest BCUT2D eigenvalue weighted by atomic mass is 9.53. The molecule has 3 aliphatic carbocycles. The van der Waals surface area contributed by atoms with E-state index in [0.29, 0.717) is 12.8 Å². The molecule has 5 atom stereocenters. The number of phenols is 1. The maximum Gasteiger partial charge on any atom is 0.130 e. The minimum Gasteiger partial charge on any atom is -0.508 e. The predicted molar refractivity (Wildman–Crippen MR) is 86.5 cm³/mol. The summed E-state index contributed by atoms with van der Waals surface area (Å²) >= 11 is 0. The minimum absolute atomic E-state index is 0.0235. The summed E-state index contributed by atoms with van der Waals surface area (Å²) in [4.78, 5) is 0. The van der Waals surface area contributed by atoms with Crippen LogP contribution in [0.2, 0.25) is 0 Å². The smallest absolute Gasteiger partial charge is 0.130 e. The van der Waals surface area contributed by atoms with Gasteiger partial charge < -0.3 is 10.2 Å². The normalized spacial score (nSPS) is 47.8. The summed E-state index contributed by atoms with van der Waals surface area (Å²) in [5.41, 5.74) is -0.676. The summed E-state index contributed by atoms with van der Waals surface area (Å²) in [5.74, 6) is 2.39. The van der Waals surface area contributed by atoms with E-state index < -0.39 is 17.4 Å². The van der Waals surface area contributed by atoms with Crippen LogP contribution in [0.4, 0.5) is 0 Å². The molecule has 0 unspecified atom stereocenters. The Hall–Kier alpha value is -1.46. The summed E-state index contributed by atoms with van der Waals surface area (Å²) in [6.07, 6.45) is 6.81. The third-order valence-electron chi connectivity index (χ3n) is 6.55. The van der Waals surface area contributed by atoms with E-state index in [9.17, 15) is 10.2 Å². The molecule has 3 aliphatic rings. The van der Waals surface area contributed by atoms with E-state index in [-0.39, 0.29) is 42.0 Å². The summed E-state index contributed by atoms with van der Waals surface area (Å²) in [7, 11) is 0. The molecule has 22 heavy (non-hydrogen) atoms. The number of aromatic hydroxyl groups is 1. The van der Waals surface area contributed by atoms with Gasteiger partial charge in [0.15, 0.2) is 0 Å². The summed E-state index contributed by atoms with van der Waals surface area (Å²) in [6.45, 7) is 1.93. The Morgan fingerprint density at radius 3 is 3.05 bits per heavy atom. The average molecular weight is 300 g/mol. The SMILES string of the molecule is [2H]c1cc2c(c([2H])c1O)CC[C@H]1[C@@H]2CC[C@@]2(C)[C@H]1CC([2H])([2H])[C@@]2(O)C#C. The molecular formula is C20H24O2. The van der Waals surface area contributed by atoms with Crippen LogP contribution in [0, 0.1) is 29.6 Å². The summed E-state index contributed by atoms with van der Waals surface area (Å²) in [5, 5.41) is 21.0. The number of rotatable bonds is 0. The van der Waals surface area contributed by atoms with Crippen LogP contribution in [0.1, 0.15) is 61.5 Å². The monoisotopic (exact) mass is 300 g/mol. The van der Waals surface area contributed by atoms with Gasteiger partial charge in [0, 0.05) is 8.16 Å². The van der Waals surface area contributed by atoms with Crippen molar-refractivity contribution in [1.82, 2.24) is 0 Å². The van der Waals surface area contributed by atoms with Crippen molar-refractivity contribution < 1.29 is 15.7 Å². The molecule has 0 bridgehead atoms. The number of fused-ring (bicyclic) bond motifs is 5. The van der Waals surface area contributed by atoms with Gasteiger partial charge in [-0.1, -0.05) is 18.9 Å². The molecule has 116 valence electrons. The number of hydrogen-bond donors (Lipinski definition) is 2. The topological polar surface area (TPSA) is 40.5 Å². The Labute approximate surface area is 138 Å². The largest absolute Gasteiger partial charge is 0.508 e. The number of terminal acetylenes is 1. The Balaban J connectivity index is 1.80. The van der Waals surface area contributed by atoms with Crippen LogP contribution in [-0.4, -0.2) is 15.8 Å². The van der Waals surface area contributed by atoms with Crippen LogP contribution in [0.3, 0.4) is 0 Å². The van der Waals surface area contributed by atoms with Crippen LogP contribution in [0.15, 0.2) is 18.2 Å². The molecule has 0 radical (unpaired) electrons. The van der Waals surface area contributed by atoms with Crippen LogP contribution >= 0.6 is 0 Å². The van der Waals surface area contributed by atoms with Crippen molar-refractivity contribution >= 4 is 0 Å². The van der Waals surface area contributed by atoms with Crippen LogP contribution in [-0.2, 0) is 6.42 Å². The van der Waals surface area contributed by atoms with Crippen molar-refractivity contribution in [3.63, 3.8) is 0 Å². The third kappa shape index (κ3) is 1.66. The fourth-order valence-corrected chi connectivity index (χ4v) is 5.23. The first-order valence-electron chi connectivity index (χ1n) is 10.1. The van der Waals surface area contributed by atoms with Gasteiger partial charge in [-0.2, -0.15) is 0 Å². The van der Waals surface area contributed by atoms with Crippen molar-refractivity contribution in [2.75, 3.05) is 0 Å². The van der Waals surface area contributed by atoms with E-state index in [1.807, 2.05) is 6.92 Å². The standard InChI is InChI=1S/C20H24O2/c1-3-20(22)11-9-18-17-6-4-13-12-14(21)5-7-15(13)16(17)8-10-19(18,20)2/h1,5,7,12,16-18,21-22H,4,6,8-11H2,2H3/t16-,17+,18+,19+,20+/m1/s1/i5D,11D2,12D. The Bertz CT molecular complexity index is 830. The Kier molecular flexibility index (Phi) is 2.13. The van der Waals surface area contributed by atoms with Gasteiger partial charge in [0.1, 0.15) is 11.4 Å². The lowest BCUT2D eigenvalue weighted by Crippen LogP contribution is -2.50. The molecule has 2 fully saturated rings. The second kappa shape index (κ2) is 4.52. The van der Waals surface area contributed by atoms with Gasteiger partial charge in [-0.3, -0.25) is 0 Å². The fraction of sp³-hybridized carbons (Fsp3) is 0.600. The lowest BCUT2D eigenvalue weighted by Gasteiger charge is -2.52. The zero-order valence-electron chi connectivity index (χ0n) is 16.8. The van der Waals surface area contributed by atoms with Crippen LogP contribution in [0.5, 0.6) is 5.75 Å². The Morgan fingerprint density at radius 2 is 2.27 bits per heavy atom. The van der Waals surface area contributed by atoms with Gasteiger partial charge in [0.25, 0.3) is 0 Å². The molecule has 0 amide bonds. The molecule has 1 aromatic rings. The molecule has 2 saturated carbocycles. The number of phenolic OH excluding ortho intramolecular Hbond substituents is 1. The van der Waals surface area contributed by atoms with Gasteiger partial charge in [-0.15, -0.1) is 6.42 Å². The minimum atomic E-state index is -1.83. The van der Waals surface area contributed by atoms with E-state index in [2.05, 4.69) is 5.92 Å². The first kappa shape index (κ1) is 10.3. The molecule has 4 rings (SSSR count). The second-order valence-corrected chi connectivity index (χ2v) is 7.30. The fourth-order valence-electron chi connectivity index (χ4n) is 5.23. The van der Waals surface area contributed by atoms with E-state index >= 15 is 0 Å². The van der Waals surface area contributed by atoms with Crippen molar-refractivity contribution in [3.05, 3.63) is 29.3 Å². The van der Waals surface area contributed by atoms with E-state index in [0.717, 1.165) is 24.0 Å². The summed E-state index contributed by atoms with van der Waals surface area (Å²) < 4.78 is 32.9. The van der Waals surface area contributed by atoms with Crippen LogP contribution in [0.25, 0.3) is 0 Å². The van der Waals surface area contributed by atoms with E-state index in [4.69, 9.17) is 11.9 Å². The first-order chi connectivity index (χ1) is 12.1. The number of aliphatic hydroxyl groups is 1. The van der Waals surface area contributed by atoms with E-state index in [1.54, 1.807) is 6.07 Å². The lowest BCUT2D eigenvalue weighted by molar-refractivity contribution is -0.0646. The molecule has 0 aliphatic heterocycles. The van der Waals surface area contributed by atoms with Crippen molar-refractivity contribution in [2.24, 2.45) is 17.3 Å². The quantitative estimate of drug-likeness (QED) is 0.719. The van der Waals surface area contributed by atoms with Gasteiger partial charge in [0.05, 0.1) is 2.74 Å². The second-order valence-electron chi connectivity index (χ2n) is 7.30. The maximum absolute atomic E-state index is 11.1. The molecule has 2 nitrogen and oxygen atoms in total. The molecule has 0 aromatic heterocycles. The van der Waals surface area contributed by atoms with Gasteiger partial charge in [0.2, 0.25) is 0 Å². The molecular weight excluding hydrogens is 272 g/mol. The maximum atomic E-state index is 11.1. The predicted octanol–water partition coefficient (Wildman–Crippen LogP) is 3.61. The van der Waals surface area contributed by atoms with Crippen molar-refractivity contribution in [3.8, 4) is 18.1 Å². The Morgan fingerprint density at radius 1 is 1.45 bits per heavy atom. The zero-order valence-corrected chi connectivity index (χ0v) is 12.8. The van der Waals surface area contributed by atoms with Crippen molar-refractivity contribution in [1.29, 1.82) is 0 Å². The number of hydrogen-bond acceptors (Lipinski definition) is 2.